The number of carbonyl (C=O) groups excluding carboxylic acids is 1. The molecule has 0 aromatic heterocycles. The smallest absolute Gasteiger partial charge is 0.248 e. The first-order chi connectivity index (χ1) is 9.77. The van der Waals surface area contributed by atoms with E-state index in [1.54, 1.807) is 7.11 Å². The number of rotatable bonds is 10. The first-order valence-corrected chi connectivity index (χ1v) is 8.28. The van der Waals surface area contributed by atoms with Crippen LogP contribution in [0, 0.1) is 0 Å². The van der Waals surface area contributed by atoms with Gasteiger partial charge >= 0.3 is 0 Å². The third kappa shape index (κ3) is 7.25. The Bertz CT molecular complexity index is 251. The lowest BCUT2D eigenvalue weighted by atomic mass is 10.0. The zero-order valence-electron chi connectivity index (χ0n) is 13.3. The lowest BCUT2D eigenvalue weighted by molar-refractivity contribution is -0.136. The normalized spacial score (nSPS) is 16.6. The maximum atomic E-state index is 11.7. The van der Waals surface area contributed by atoms with Crippen LogP contribution in [0.15, 0.2) is 0 Å². The molecule has 1 amide bonds. The molecule has 0 saturated carbocycles. The lowest BCUT2D eigenvalue weighted by Gasteiger charge is -2.32. The summed E-state index contributed by atoms with van der Waals surface area (Å²) in [4.78, 5) is 13.6. The summed E-state index contributed by atoms with van der Waals surface area (Å²) in [7, 11) is 1.58. The van der Waals surface area contributed by atoms with Crippen molar-refractivity contribution in [3.8, 4) is 0 Å². The molecule has 0 spiro atoms. The van der Waals surface area contributed by atoms with Crippen LogP contribution in [-0.4, -0.2) is 50.2 Å². The van der Waals surface area contributed by atoms with E-state index in [-0.39, 0.29) is 12.5 Å². The molecule has 118 valence electrons. The predicted octanol–water partition coefficient (Wildman–Crippen LogP) is 2.57. The number of methoxy groups -OCH3 is 1. The van der Waals surface area contributed by atoms with Crippen LogP contribution in [0.4, 0.5) is 0 Å². The Morgan fingerprint density at radius 3 is 2.45 bits per heavy atom. The van der Waals surface area contributed by atoms with Gasteiger partial charge in [0, 0.05) is 26.2 Å². The number of nitrogens with one attached hydrogen (secondary N) is 1. The number of carbonyl (C=O) groups is 1. The quantitative estimate of drug-likeness (QED) is 0.627. The largest absolute Gasteiger partial charge is 0.375 e. The van der Waals surface area contributed by atoms with E-state index in [4.69, 9.17) is 4.74 Å². The zero-order valence-corrected chi connectivity index (χ0v) is 13.3. The van der Waals surface area contributed by atoms with Gasteiger partial charge in [-0.1, -0.05) is 39.0 Å². The van der Waals surface area contributed by atoms with Crippen molar-refractivity contribution in [2.24, 2.45) is 0 Å². The molecule has 0 aromatic rings. The minimum Gasteiger partial charge on any atom is -0.375 e. The van der Waals surface area contributed by atoms with Crippen molar-refractivity contribution in [1.29, 1.82) is 0 Å². The van der Waals surface area contributed by atoms with Gasteiger partial charge < -0.3 is 15.0 Å². The van der Waals surface area contributed by atoms with Crippen molar-refractivity contribution >= 4 is 5.91 Å². The molecule has 0 aliphatic carbocycles. The van der Waals surface area contributed by atoms with Gasteiger partial charge in [-0.3, -0.25) is 4.79 Å². The summed E-state index contributed by atoms with van der Waals surface area (Å²) in [6, 6.07) is 0.595. The highest BCUT2D eigenvalue weighted by Crippen LogP contribution is 2.11. The summed E-state index contributed by atoms with van der Waals surface area (Å²) < 4.78 is 4.90. The number of ether oxygens (including phenoxy) is 1. The Morgan fingerprint density at radius 1 is 1.15 bits per heavy atom. The molecule has 1 saturated heterocycles. The zero-order chi connectivity index (χ0) is 14.6. The van der Waals surface area contributed by atoms with Crippen LogP contribution in [0.2, 0.25) is 0 Å². The van der Waals surface area contributed by atoms with Gasteiger partial charge in [-0.2, -0.15) is 0 Å². The van der Waals surface area contributed by atoms with Gasteiger partial charge in [0.1, 0.15) is 6.61 Å². The third-order valence-electron chi connectivity index (χ3n) is 4.08. The monoisotopic (exact) mass is 284 g/mol. The molecule has 0 aromatic carbocycles. The maximum absolute atomic E-state index is 11.7. The summed E-state index contributed by atoms with van der Waals surface area (Å²) in [6.07, 6.45) is 10.2. The molecule has 1 aliphatic rings. The highest BCUT2D eigenvalue weighted by Gasteiger charge is 2.21. The average Bonchev–Trinajstić information content (AvgIpc) is 2.47. The number of hydrogen-bond donors (Lipinski definition) is 1. The second-order valence-corrected chi connectivity index (χ2v) is 5.81. The first kappa shape index (κ1) is 17.4. The molecule has 4 nitrogen and oxygen atoms in total. The topological polar surface area (TPSA) is 41.6 Å². The molecular formula is C16H32N2O2. The minimum atomic E-state index is 0.127. The van der Waals surface area contributed by atoms with E-state index in [1.807, 2.05) is 4.90 Å². The SMILES string of the molecule is CCCCCCCCNC1CCN(C(=O)COC)CC1. The van der Waals surface area contributed by atoms with Crippen LogP contribution in [0.3, 0.4) is 0 Å². The van der Waals surface area contributed by atoms with E-state index in [1.165, 1.54) is 38.5 Å². The van der Waals surface area contributed by atoms with Crippen LogP contribution < -0.4 is 5.32 Å². The molecule has 1 aliphatic heterocycles. The Morgan fingerprint density at radius 2 is 1.80 bits per heavy atom. The Hall–Kier alpha value is -0.610. The molecule has 0 unspecified atom stereocenters. The highest BCUT2D eigenvalue weighted by atomic mass is 16.5. The molecule has 1 rings (SSSR count). The van der Waals surface area contributed by atoms with Crippen LogP contribution in [0.25, 0.3) is 0 Å². The molecule has 0 bridgehead atoms. The molecule has 1 N–H and O–H groups in total. The van der Waals surface area contributed by atoms with Crippen molar-refractivity contribution in [3.05, 3.63) is 0 Å². The van der Waals surface area contributed by atoms with Gasteiger partial charge in [0.05, 0.1) is 0 Å². The van der Waals surface area contributed by atoms with E-state index >= 15 is 0 Å². The summed E-state index contributed by atoms with van der Waals surface area (Å²) in [5.41, 5.74) is 0. The van der Waals surface area contributed by atoms with Crippen molar-refractivity contribution in [3.63, 3.8) is 0 Å². The van der Waals surface area contributed by atoms with Gasteiger partial charge in [-0.05, 0) is 25.8 Å². The number of piperidine rings is 1. The lowest BCUT2D eigenvalue weighted by Crippen LogP contribution is -2.46. The van der Waals surface area contributed by atoms with Gasteiger partial charge in [-0.15, -0.1) is 0 Å². The van der Waals surface area contributed by atoms with Crippen LogP contribution in [-0.2, 0) is 9.53 Å². The molecular weight excluding hydrogens is 252 g/mol. The van der Waals surface area contributed by atoms with E-state index < -0.39 is 0 Å². The standard InChI is InChI=1S/C16H32N2O2/c1-3-4-5-6-7-8-11-17-15-9-12-18(13-10-15)16(19)14-20-2/h15,17H,3-14H2,1-2H3. The van der Waals surface area contributed by atoms with Crippen molar-refractivity contribution in [1.82, 2.24) is 10.2 Å². The highest BCUT2D eigenvalue weighted by molar-refractivity contribution is 5.77. The van der Waals surface area contributed by atoms with Gasteiger partial charge in [0.25, 0.3) is 0 Å². The number of hydrogen-bond acceptors (Lipinski definition) is 3. The fourth-order valence-electron chi connectivity index (χ4n) is 2.76. The first-order valence-electron chi connectivity index (χ1n) is 8.28. The fourth-order valence-corrected chi connectivity index (χ4v) is 2.76. The second kappa shape index (κ2) is 11.1. The van der Waals surface area contributed by atoms with E-state index in [0.717, 1.165) is 32.5 Å². The number of amides is 1. The number of likely N-dealkylation sites (tertiary alicyclic amines) is 1. The molecule has 4 heteroatoms. The fraction of sp³-hybridized carbons (Fsp3) is 0.938. The molecule has 1 heterocycles. The molecule has 20 heavy (non-hydrogen) atoms. The Kier molecular flexibility index (Phi) is 9.67. The number of unbranched alkanes of at least 4 members (excludes halogenated alkanes) is 5. The van der Waals surface area contributed by atoms with E-state index in [9.17, 15) is 4.79 Å². The maximum Gasteiger partial charge on any atom is 0.248 e. The van der Waals surface area contributed by atoms with Gasteiger partial charge in [0.2, 0.25) is 5.91 Å². The van der Waals surface area contributed by atoms with Crippen LogP contribution in [0.5, 0.6) is 0 Å². The number of nitrogens with zero attached hydrogens (tertiary/aromatic N) is 1. The molecule has 1 fully saturated rings. The van der Waals surface area contributed by atoms with Crippen molar-refractivity contribution in [2.75, 3.05) is 33.4 Å². The molecule has 0 atom stereocenters. The van der Waals surface area contributed by atoms with E-state index in [0.29, 0.717) is 6.04 Å². The molecule has 0 radical (unpaired) electrons. The van der Waals surface area contributed by atoms with Gasteiger partial charge in [0.15, 0.2) is 0 Å². The Labute approximate surface area is 124 Å². The van der Waals surface area contributed by atoms with Crippen LogP contribution in [0.1, 0.15) is 58.3 Å². The minimum absolute atomic E-state index is 0.127. The second-order valence-electron chi connectivity index (χ2n) is 5.81. The Balaban J connectivity index is 1.98. The summed E-state index contributed by atoms with van der Waals surface area (Å²) >= 11 is 0. The third-order valence-corrected chi connectivity index (χ3v) is 4.08. The predicted molar refractivity (Wildman–Crippen MR) is 82.9 cm³/mol. The van der Waals surface area contributed by atoms with Crippen molar-refractivity contribution < 1.29 is 9.53 Å². The van der Waals surface area contributed by atoms with E-state index in [2.05, 4.69) is 12.2 Å². The average molecular weight is 284 g/mol. The van der Waals surface area contributed by atoms with Gasteiger partial charge in [-0.25, -0.2) is 0 Å². The summed E-state index contributed by atoms with van der Waals surface area (Å²) in [5.74, 6) is 0.127. The van der Waals surface area contributed by atoms with Crippen molar-refractivity contribution in [2.45, 2.75) is 64.3 Å². The summed E-state index contributed by atoms with van der Waals surface area (Å²) in [6.45, 7) is 5.34. The summed E-state index contributed by atoms with van der Waals surface area (Å²) in [5, 5.41) is 3.63. The van der Waals surface area contributed by atoms with Crippen LogP contribution >= 0.6 is 0 Å².